The fourth-order valence-electron chi connectivity index (χ4n) is 2.99. The van der Waals surface area contributed by atoms with Crippen molar-refractivity contribution in [1.29, 1.82) is 0 Å². The normalized spacial score (nSPS) is 21.1. The van der Waals surface area contributed by atoms with Crippen LogP contribution in [0.15, 0.2) is 0 Å². The number of phosphoric ester groups is 1. The van der Waals surface area contributed by atoms with Crippen molar-refractivity contribution in [2.75, 3.05) is 6.61 Å². The summed E-state index contributed by atoms with van der Waals surface area (Å²) in [7, 11) is -3.88. The van der Waals surface area contributed by atoms with Crippen LogP contribution in [-0.4, -0.2) is 17.6 Å². The molecule has 0 amide bonds. The minimum absolute atomic E-state index is 0.0979. The van der Waals surface area contributed by atoms with Crippen molar-refractivity contribution in [3.05, 3.63) is 0 Å². The molecule has 0 heterocycles. The molecule has 1 aliphatic carbocycles. The summed E-state index contributed by atoms with van der Waals surface area (Å²) in [6, 6.07) is 0. The predicted octanol–water partition coefficient (Wildman–Crippen LogP) is 5.45. The summed E-state index contributed by atoms with van der Waals surface area (Å²) in [4.78, 5) is 9.87. The van der Waals surface area contributed by atoms with Gasteiger partial charge in [-0.25, -0.2) is 4.57 Å². The molecular formula is C16H33O4P. The maximum Gasteiger partial charge on any atom is 0.472 e. The van der Waals surface area contributed by atoms with Crippen molar-refractivity contribution in [3.8, 4) is 0 Å². The van der Waals surface area contributed by atoms with Gasteiger partial charge in [-0.3, -0.25) is 9.05 Å². The molecule has 2 unspecified atom stereocenters. The van der Waals surface area contributed by atoms with Crippen LogP contribution in [0.25, 0.3) is 0 Å². The van der Waals surface area contributed by atoms with Crippen molar-refractivity contribution in [3.63, 3.8) is 0 Å². The summed E-state index contributed by atoms with van der Waals surface area (Å²) < 4.78 is 22.6. The fraction of sp³-hybridized carbons (Fsp3) is 1.00. The monoisotopic (exact) mass is 320 g/mol. The number of unbranched alkanes of at least 4 members (excludes halogenated alkanes) is 2. The molecule has 1 saturated carbocycles. The van der Waals surface area contributed by atoms with Crippen molar-refractivity contribution in [2.24, 2.45) is 5.92 Å². The summed E-state index contributed by atoms with van der Waals surface area (Å²) in [6.45, 7) is 4.67. The van der Waals surface area contributed by atoms with Crippen LogP contribution in [-0.2, 0) is 13.6 Å². The molecule has 4 nitrogen and oxygen atoms in total. The van der Waals surface area contributed by atoms with Crippen molar-refractivity contribution < 1.29 is 18.5 Å². The van der Waals surface area contributed by atoms with E-state index in [1.807, 2.05) is 0 Å². The first-order chi connectivity index (χ1) is 10.1. The lowest BCUT2D eigenvalue weighted by molar-refractivity contribution is 0.0724. The number of rotatable bonds is 11. The molecule has 1 rings (SSSR count). The molecule has 0 aromatic carbocycles. The average molecular weight is 320 g/mol. The first-order valence-electron chi connectivity index (χ1n) is 8.73. The molecule has 1 aliphatic rings. The fourth-order valence-corrected chi connectivity index (χ4v) is 4.04. The molecule has 0 aromatic rings. The smallest absolute Gasteiger partial charge is 0.302 e. The molecule has 126 valence electrons. The highest BCUT2D eigenvalue weighted by Crippen LogP contribution is 2.47. The summed E-state index contributed by atoms with van der Waals surface area (Å²) in [5, 5.41) is 0. The van der Waals surface area contributed by atoms with E-state index in [1.165, 1.54) is 25.7 Å². The Bertz CT molecular complexity index is 303. The highest BCUT2D eigenvalue weighted by molar-refractivity contribution is 7.47. The van der Waals surface area contributed by atoms with Crippen LogP contribution in [0, 0.1) is 5.92 Å². The molecule has 0 aromatic heterocycles. The average Bonchev–Trinajstić information content (AvgIpc) is 2.46. The Kier molecular flexibility index (Phi) is 9.83. The van der Waals surface area contributed by atoms with Crippen LogP contribution in [0.1, 0.15) is 84.5 Å². The maximum atomic E-state index is 12.0. The highest BCUT2D eigenvalue weighted by Gasteiger charge is 2.28. The van der Waals surface area contributed by atoms with Gasteiger partial charge in [0, 0.05) is 0 Å². The van der Waals surface area contributed by atoms with E-state index < -0.39 is 7.82 Å². The van der Waals surface area contributed by atoms with Gasteiger partial charge >= 0.3 is 7.82 Å². The molecule has 1 fully saturated rings. The van der Waals surface area contributed by atoms with E-state index in [-0.39, 0.29) is 6.10 Å². The Hall–Kier alpha value is 0.110. The molecule has 0 spiro atoms. The quantitative estimate of drug-likeness (QED) is 0.406. The largest absolute Gasteiger partial charge is 0.472 e. The molecule has 1 N–H and O–H groups in total. The third kappa shape index (κ3) is 8.97. The molecule has 5 heteroatoms. The third-order valence-electron chi connectivity index (χ3n) is 4.22. The second kappa shape index (κ2) is 10.8. The molecule has 0 saturated heterocycles. The van der Waals surface area contributed by atoms with Crippen molar-refractivity contribution >= 4 is 7.82 Å². The molecular weight excluding hydrogens is 287 g/mol. The lowest BCUT2D eigenvalue weighted by atomic mass is 9.98. The van der Waals surface area contributed by atoms with Crippen molar-refractivity contribution in [2.45, 2.75) is 90.6 Å². The topological polar surface area (TPSA) is 55.8 Å². The van der Waals surface area contributed by atoms with Crippen LogP contribution >= 0.6 is 7.82 Å². The number of hydrogen-bond acceptors (Lipinski definition) is 3. The predicted molar refractivity (Wildman–Crippen MR) is 86.3 cm³/mol. The van der Waals surface area contributed by atoms with Gasteiger partial charge in [0.2, 0.25) is 0 Å². The van der Waals surface area contributed by atoms with E-state index in [0.29, 0.717) is 12.5 Å². The Morgan fingerprint density at radius 3 is 2.43 bits per heavy atom. The molecule has 0 aliphatic heterocycles. The number of phosphoric acid groups is 1. The van der Waals surface area contributed by atoms with Gasteiger partial charge in [0.1, 0.15) is 0 Å². The van der Waals surface area contributed by atoms with Gasteiger partial charge in [-0.2, -0.15) is 0 Å². The van der Waals surface area contributed by atoms with E-state index in [2.05, 4.69) is 13.8 Å². The summed E-state index contributed by atoms with van der Waals surface area (Å²) in [5.74, 6) is 0.372. The third-order valence-corrected chi connectivity index (χ3v) is 5.26. The van der Waals surface area contributed by atoms with Crippen LogP contribution < -0.4 is 0 Å². The molecule has 0 bridgehead atoms. The lowest BCUT2D eigenvalue weighted by Gasteiger charge is -2.25. The second-order valence-electron chi connectivity index (χ2n) is 6.28. The number of hydrogen-bond donors (Lipinski definition) is 1. The Morgan fingerprint density at radius 1 is 1.10 bits per heavy atom. The summed E-state index contributed by atoms with van der Waals surface area (Å²) >= 11 is 0. The van der Waals surface area contributed by atoms with E-state index in [1.54, 1.807) is 0 Å². The summed E-state index contributed by atoms with van der Waals surface area (Å²) in [5.41, 5.74) is 0. The van der Waals surface area contributed by atoms with Crippen LogP contribution in [0.2, 0.25) is 0 Å². The van der Waals surface area contributed by atoms with Gasteiger partial charge in [-0.15, -0.1) is 0 Å². The Balaban J connectivity index is 2.31. The highest BCUT2D eigenvalue weighted by atomic mass is 31.2. The van der Waals surface area contributed by atoms with Gasteiger partial charge in [-0.1, -0.05) is 58.8 Å². The zero-order valence-corrected chi connectivity index (χ0v) is 14.7. The van der Waals surface area contributed by atoms with Crippen LogP contribution in [0.5, 0.6) is 0 Å². The van der Waals surface area contributed by atoms with Gasteiger partial charge in [0.15, 0.2) is 0 Å². The molecule has 2 atom stereocenters. The minimum atomic E-state index is -3.88. The second-order valence-corrected chi connectivity index (χ2v) is 7.69. The van der Waals surface area contributed by atoms with Gasteiger partial charge in [0.05, 0.1) is 12.7 Å². The first-order valence-corrected chi connectivity index (χ1v) is 10.2. The van der Waals surface area contributed by atoms with E-state index in [4.69, 9.17) is 9.05 Å². The van der Waals surface area contributed by atoms with Gasteiger partial charge in [0.25, 0.3) is 0 Å². The van der Waals surface area contributed by atoms with Crippen LogP contribution in [0.3, 0.4) is 0 Å². The Labute approximate surface area is 130 Å². The Morgan fingerprint density at radius 2 is 1.81 bits per heavy atom. The van der Waals surface area contributed by atoms with Crippen LogP contribution in [0.4, 0.5) is 0 Å². The van der Waals surface area contributed by atoms with E-state index in [9.17, 15) is 9.46 Å². The zero-order chi connectivity index (χ0) is 15.6. The maximum absolute atomic E-state index is 12.0. The van der Waals surface area contributed by atoms with E-state index in [0.717, 1.165) is 44.9 Å². The molecule has 21 heavy (non-hydrogen) atoms. The van der Waals surface area contributed by atoms with Gasteiger partial charge < -0.3 is 4.89 Å². The minimum Gasteiger partial charge on any atom is -0.302 e. The van der Waals surface area contributed by atoms with Gasteiger partial charge in [-0.05, 0) is 31.6 Å². The van der Waals surface area contributed by atoms with Crippen molar-refractivity contribution in [1.82, 2.24) is 0 Å². The summed E-state index contributed by atoms with van der Waals surface area (Å²) in [6.07, 6.45) is 11.8. The lowest BCUT2D eigenvalue weighted by Crippen LogP contribution is -2.17. The van der Waals surface area contributed by atoms with E-state index >= 15 is 0 Å². The first kappa shape index (κ1) is 19.2. The standard InChI is InChI=1S/C16H33O4P/c1-3-5-7-11-15(10-4-2)14-19-21(17,18)20-16-12-8-6-9-13-16/h15-16H,3-14H2,1-2H3,(H,17,18). The molecule has 0 radical (unpaired) electrons. The SMILES string of the molecule is CCCCCC(CCC)COP(=O)(O)OC1CCCCC1. The zero-order valence-electron chi connectivity index (χ0n) is 13.8.